The number of ether oxygens (including phenoxy) is 2. The first kappa shape index (κ1) is 23.7. The molecule has 1 saturated heterocycles. The maximum Gasteiger partial charge on any atom is 0.243 e. The Hall–Kier alpha value is -3.71. The molecule has 3 heterocycles. The first-order chi connectivity index (χ1) is 18.2. The second-order valence-electron chi connectivity index (χ2n) is 10.0. The van der Waals surface area contributed by atoms with Crippen molar-refractivity contribution in [1.29, 1.82) is 0 Å². The van der Waals surface area contributed by atoms with E-state index in [9.17, 15) is 4.79 Å². The minimum absolute atomic E-state index is 0.0340. The van der Waals surface area contributed by atoms with E-state index < -0.39 is 0 Å². The Morgan fingerprint density at radius 3 is 2.59 bits per heavy atom. The van der Waals surface area contributed by atoms with Crippen molar-refractivity contribution in [2.45, 2.75) is 31.8 Å². The third-order valence-electron chi connectivity index (χ3n) is 7.73. The Labute approximate surface area is 218 Å². The number of aryl methyl sites for hydroxylation is 2. The summed E-state index contributed by atoms with van der Waals surface area (Å²) in [7, 11) is 0. The molecular weight excluding hydrogens is 464 g/mol. The molecule has 7 heteroatoms. The third kappa shape index (κ3) is 4.83. The second-order valence-corrected chi connectivity index (χ2v) is 10.0. The molecule has 0 aromatic heterocycles. The predicted molar refractivity (Wildman–Crippen MR) is 147 cm³/mol. The molecule has 6 rings (SSSR count). The number of fused-ring (bicyclic) bond motifs is 2. The highest BCUT2D eigenvalue weighted by atomic mass is 16.6. The Kier molecular flexibility index (Phi) is 6.62. The number of piperazine rings is 1. The third-order valence-corrected chi connectivity index (χ3v) is 7.73. The van der Waals surface area contributed by atoms with E-state index in [2.05, 4.69) is 50.8 Å². The highest BCUT2D eigenvalue weighted by molar-refractivity contribution is 5.96. The molecule has 3 aliphatic heterocycles. The zero-order valence-electron chi connectivity index (χ0n) is 21.3. The number of hydrogen-bond donors (Lipinski definition) is 2. The number of para-hydroxylation sites is 3. The van der Waals surface area contributed by atoms with Crippen LogP contribution >= 0.6 is 0 Å². The van der Waals surface area contributed by atoms with E-state index in [0.29, 0.717) is 13.2 Å². The van der Waals surface area contributed by atoms with Gasteiger partial charge >= 0.3 is 0 Å². The Bertz CT molecular complexity index is 1270. The number of nitrogens with one attached hydrogen (secondary N) is 2. The molecule has 7 nitrogen and oxygen atoms in total. The molecule has 0 aliphatic carbocycles. The van der Waals surface area contributed by atoms with Gasteiger partial charge in [0.15, 0.2) is 11.5 Å². The summed E-state index contributed by atoms with van der Waals surface area (Å²) >= 11 is 0. The summed E-state index contributed by atoms with van der Waals surface area (Å²) in [5.41, 5.74) is 5.47. The van der Waals surface area contributed by atoms with Crippen LogP contribution in [0.2, 0.25) is 0 Å². The van der Waals surface area contributed by atoms with Crippen LogP contribution in [0.25, 0.3) is 0 Å². The van der Waals surface area contributed by atoms with Crippen LogP contribution in [-0.2, 0) is 11.2 Å². The van der Waals surface area contributed by atoms with Crippen LogP contribution in [0.5, 0.6) is 11.5 Å². The molecule has 192 valence electrons. The Morgan fingerprint density at radius 1 is 0.946 bits per heavy atom. The summed E-state index contributed by atoms with van der Waals surface area (Å²) in [6.45, 7) is 6.39. The minimum Gasteiger partial charge on any atom is -0.486 e. The lowest BCUT2D eigenvalue weighted by Gasteiger charge is -2.44. The van der Waals surface area contributed by atoms with Crippen molar-refractivity contribution in [3.05, 3.63) is 77.9 Å². The molecule has 2 N–H and O–H groups in total. The summed E-state index contributed by atoms with van der Waals surface area (Å²) in [5, 5.41) is 6.95. The summed E-state index contributed by atoms with van der Waals surface area (Å²) in [6, 6.07) is 22.3. The predicted octanol–water partition coefficient (Wildman–Crippen LogP) is 4.32. The Morgan fingerprint density at radius 2 is 1.73 bits per heavy atom. The average molecular weight is 499 g/mol. The highest BCUT2D eigenvalue weighted by Crippen LogP contribution is 2.40. The van der Waals surface area contributed by atoms with Crippen molar-refractivity contribution >= 4 is 23.0 Å². The van der Waals surface area contributed by atoms with Crippen molar-refractivity contribution in [2.24, 2.45) is 0 Å². The second kappa shape index (κ2) is 10.3. The first-order valence-electron chi connectivity index (χ1n) is 13.3. The topological polar surface area (TPSA) is 66.1 Å². The van der Waals surface area contributed by atoms with E-state index in [0.717, 1.165) is 73.1 Å². The van der Waals surface area contributed by atoms with Crippen LogP contribution in [0.1, 0.15) is 17.5 Å². The number of carbonyl (C=O) groups excluding carboxylic acids is 1. The molecule has 2 atom stereocenters. The number of carbonyl (C=O) groups is 1. The average Bonchev–Trinajstić information content (AvgIpc) is 2.94. The lowest BCUT2D eigenvalue weighted by molar-refractivity contribution is -0.122. The first-order valence-corrected chi connectivity index (χ1v) is 13.3. The zero-order chi connectivity index (χ0) is 25.2. The number of nitrogens with zero attached hydrogens (tertiary/aromatic N) is 2. The standard InChI is InChI=1S/C30H34N4O3/c1-21-7-2-4-9-23(21)32-30(35)28(25-14-13-22-8-3-5-10-24(22)31-25)34-17-15-33(16-18-34)26-11-6-12-27-29(26)37-20-19-36-27/h2-12,25,28,31H,13-20H2,1H3,(H,32,35). The molecule has 3 aromatic carbocycles. The molecule has 37 heavy (non-hydrogen) atoms. The van der Waals surface area contributed by atoms with Crippen molar-refractivity contribution in [1.82, 2.24) is 4.90 Å². The molecule has 1 fully saturated rings. The fraction of sp³-hybridized carbons (Fsp3) is 0.367. The molecule has 0 bridgehead atoms. The maximum absolute atomic E-state index is 13.9. The number of hydrogen-bond acceptors (Lipinski definition) is 6. The van der Waals surface area contributed by atoms with Crippen LogP contribution in [0.15, 0.2) is 66.7 Å². The zero-order valence-corrected chi connectivity index (χ0v) is 21.3. The van der Waals surface area contributed by atoms with Crippen molar-refractivity contribution in [2.75, 3.05) is 54.9 Å². The van der Waals surface area contributed by atoms with E-state index >= 15 is 0 Å². The van der Waals surface area contributed by atoms with Crippen molar-refractivity contribution in [3.8, 4) is 11.5 Å². The van der Waals surface area contributed by atoms with Crippen LogP contribution in [-0.4, -0.2) is 62.3 Å². The Balaban J connectivity index is 1.22. The number of rotatable bonds is 5. The summed E-state index contributed by atoms with van der Waals surface area (Å²) < 4.78 is 11.8. The number of anilines is 3. The fourth-order valence-corrected chi connectivity index (χ4v) is 5.77. The van der Waals surface area contributed by atoms with Crippen LogP contribution < -0.4 is 25.0 Å². The monoisotopic (exact) mass is 498 g/mol. The fourth-order valence-electron chi connectivity index (χ4n) is 5.77. The minimum atomic E-state index is -0.278. The van der Waals surface area contributed by atoms with E-state index in [1.54, 1.807) is 0 Å². The number of amides is 1. The van der Waals surface area contributed by atoms with E-state index in [1.807, 2.05) is 43.3 Å². The van der Waals surface area contributed by atoms with E-state index in [4.69, 9.17) is 9.47 Å². The van der Waals surface area contributed by atoms with Gasteiger partial charge in [-0.25, -0.2) is 0 Å². The molecular formula is C30H34N4O3. The van der Waals surface area contributed by atoms with Gasteiger partial charge in [0.2, 0.25) is 5.91 Å². The highest BCUT2D eigenvalue weighted by Gasteiger charge is 2.37. The van der Waals surface area contributed by atoms with Gasteiger partial charge in [-0.05, 0) is 55.2 Å². The van der Waals surface area contributed by atoms with Crippen LogP contribution in [0.4, 0.5) is 17.1 Å². The number of benzene rings is 3. The molecule has 3 aromatic rings. The summed E-state index contributed by atoms with van der Waals surface area (Å²) in [5.74, 6) is 1.70. The molecule has 0 radical (unpaired) electrons. The van der Waals surface area contributed by atoms with Crippen molar-refractivity contribution < 1.29 is 14.3 Å². The van der Waals surface area contributed by atoms with Gasteiger partial charge in [0.1, 0.15) is 19.3 Å². The molecule has 3 aliphatic rings. The molecule has 0 saturated carbocycles. The summed E-state index contributed by atoms with van der Waals surface area (Å²) in [4.78, 5) is 18.6. The lowest BCUT2D eigenvalue weighted by Crippen LogP contribution is -2.60. The molecule has 1 amide bonds. The van der Waals surface area contributed by atoms with Gasteiger partial charge < -0.3 is 25.0 Å². The van der Waals surface area contributed by atoms with Gasteiger partial charge in [-0.1, -0.05) is 42.5 Å². The van der Waals surface area contributed by atoms with Crippen LogP contribution in [0, 0.1) is 6.92 Å². The molecule has 2 unspecified atom stereocenters. The quantitative estimate of drug-likeness (QED) is 0.546. The van der Waals surface area contributed by atoms with Gasteiger partial charge in [0, 0.05) is 37.6 Å². The van der Waals surface area contributed by atoms with E-state index in [-0.39, 0.29) is 18.0 Å². The SMILES string of the molecule is Cc1ccccc1NC(=O)C(C1CCc2ccccc2N1)N1CCN(c2cccc3c2OCCO3)CC1. The summed E-state index contributed by atoms with van der Waals surface area (Å²) in [6.07, 6.45) is 1.88. The van der Waals surface area contributed by atoms with E-state index in [1.165, 1.54) is 5.56 Å². The van der Waals surface area contributed by atoms with Gasteiger partial charge in [0.05, 0.1) is 11.7 Å². The maximum atomic E-state index is 13.9. The van der Waals surface area contributed by atoms with Gasteiger partial charge in [-0.2, -0.15) is 0 Å². The van der Waals surface area contributed by atoms with Crippen molar-refractivity contribution in [3.63, 3.8) is 0 Å². The largest absolute Gasteiger partial charge is 0.486 e. The van der Waals surface area contributed by atoms with Gasteiger partial charge in [0.25, 0.3) is 0 Å². The molecule has 0 spiro atoms. The lowest BCUT2D eigenvalue weighted by atomic mass is 9.91. The van der Waals surface area contributed by atoms with Crippen LogP contribution in [0.3, 0.4) is 0 Å². The van der Waals surface area contributed by atoms with Gasteiger partial charge in [-0.15, -0.1) is 0 Å². The normalized spacial score (nSPS) is 19.9. The smallest absolute Gasteiger partial charge is 0.243 e. The van der Waals surface area contributed by atoms with Gasteiger partial charge in [-0.3, -0.25) is 9.69 Å².